The van der Waals surface area contributed by atoms with E-state index in [4.69, 9.17) is 19.2 Å². The van der Waals surface area contributed by atoms with Gasteiger partial charge in [0.05, 0.1) is 13.4 Å². The van der Waals surface area contributed by atoms with Crippen molar-refractivity contribution in [3.63, 3.8) is 0 Å². The maximum absolute atomic E-state index is 12.3. The number of nitrogens with zero attached hydrogens (tertiary/aromatic N) is 1. The first-order chi connectivity index (χ1) is 14.6. The third-order valence-corrected chi connectivity index (χ3v) is 4.51. The number of aliphatic hydroxyl groups is 1. The van der Waals surface area contributed by atoms with Crippen molar-refractivity contribution in [3.8, 4) is 28.9 Å². The van der Waals surface area contributed by atoms with Gasteiger partial charge >= 0.3 is 0 Å². The Bertz CT molecular complexity index is 1010. The Kier molecular flexibility index (Phi) is 7.09. The summed E-state index contributed by atoms with van der Waals surface area (Å²) >= 11 is 0. The molecule has 7 nitrogen and oxygen atoms in total. The predicted molar refractivity (Wildman–Crippen MR) is 110 cm³/mol. The first-order valence-corrected chi connectivity index (χ1v) is 9.38. The molecule has 0 radical (unpaired) electrons. The fourth-order valence-corrected chi connectivity index (χ4v) is 2.95. The van der Waals surface area contributed by atoms with Crippen LogP contribution in [0.4, 0.5) is 0 Å². The van der Waals surface area contributed by atoms with Gasteiger partial charge in [0.15, 0.2) is 24.2 Å². The van der Waals surface area contributed by atoms with E-state index in [1.807, 2.05) is 18.2 Å². The number of nitriles is 1. The SMILES string of the molecule is COc1cc(CCNC(=O)C(O)c2ccc(-c3ccco3)cc2)ccc1OCC#N. The van der Waals surface area contributed by atoms with E-state index in [0.717, 1.165) is 16.9 Å². The number of carbonyl (C=O) groups is 1. The molecule has 0 saturated heterocycles. The highest BCUT2D eigenvalue weighted by Crippen LogP contribution is 2.28. The average molecular weight is 406 g/mol. The maximum atomic E-state index is 12.3. The average Bonchev–Trinajstić information content (AvgIpc) is 3.32. The molecular weight excluding hydrogens is 384 g/mol. The van der Waals surface area contributed by atoms with E-state index in [0.29, 0.717) is 30.0 Å². The summed E-state index contributed by atoms with van der Waals surface area (Å²) < 4.78 is 15.9. The molecule has 0 aliphatic carbocycles. The van der Waals surface area contributed by atoms with Gasteiger partial charge in [0.1, 0.15) is 11.8 Å². The molecule has 0 aliphatic rings. The molecule has 2 N–H and O–H groups in total. The number of amides is 1. The number of ether oxygens (including phenoxy) is 2. The van der Waals surface area contributed by atoms with Crippen LogP contribution in [0, 0.1) is 11.3 Å². The maximum Gasteiger partial charge on any atom is 0.253 e. The lowest BCUT2D eigenvalue weighted by atomic mass is 10.1. The van der Waals surface area contributed by atoms with E-state index in [1.165, 1.54) is 7.11 Å². The molecule has 3 aromatic rings. The predicted octanol–water partition coefficient (Wildman–Crippen LogP) is 3.25. The Balaban J connectivity index is 1.53. The second-order valence-electron chi connectivity index (χ2n) is 6.47. The number of nitrogens with one attached hydrogen (secondary N) is 1. The van der Waals surface area contributed by atoms with Crippen molar-refractivity contribution < 1.29 is 23.8 Å². The second kappa shape index (κ2) is 10.1. The number of methoxy groups -OCH3 is 1. The molecule has 2 aromatic carbocycles. The lowest BCUT2D eigenvalue weighted by molar-refractivity contribution is -0.129. The third kappa shape index (κ3) is 5.19. The van der Waals surface area contributed by atoms with Crippen LogP contribution < -0.4 is 14.8 Å². The fraction of sp³-hybridized carbons (Fsp3) is 0.217. The number of hydrogen-bond donors (Lipinski definition) is 2. The van der Waals surface area contributed by atoms with Gasteiger partial charge in [0.2, 0.25) is 0 Å². The summed E-state index contributed by atoms with van der Waals surface area (Å²) in [6.07, 6.45) is 0.880. The molecule has 1 amide bonds. The number of hydrogen-bond acceptors (Lipinski definition) is 6. The lowest BCUT2D eigenvalue weighted by Crippen LogP contribution is -2.30. The van der Waals surface area contributed by atoms with Gasteiger partial charge in [-0.3, -0.25) is 4.79 Å². The number of benzene rings is 2. The molecule has 154 valence electrons. The first kappa shape index (κ1) is 21.0. The molecule has 0 bridgehead atoms. The third-order valence-electron chi connectivity index (χ3n) is 4.51. The number of carbonyl (C=O) groups excluding carboxylic acids is 1. The van der Waals surface area contributed by atoms with E-state index < -0.39 is 12.0 Å². The highest BCUT2D eigenvalue weighted by molar-refractivity contribution is 5.82. The van der Waals surface area contributed by atoms with E-state index in [-0.39, 0.29) is 6.61 Å². The molecule has 3 rings (SSSR count). The van der Waals surface area contributed by atoms with Gasteiger partial charge in [-0.05, 0) is 41.8 Å². The molecule has 1 heterocycles. The monoisotopic (exact) mass is 406 g/mol. The molecule has 0 saturated carbocycles. The van der Waals surface area contributed by atoms with Crippen molar-refractivity contribution in [1.29, 1.82) is 5.26 Å². The van der Waals surface area contributed by atoms with Crippen LogP contribution in [-0.2, 0) is 11.2 Å². The fourth-order valence-electron chi connectivity index (χ4n) is 2.95. The van der Waals surface area contributed by atoms with E-state index in [1.54, 1.807) is 48.7 Å². The van der Waals surface area contributed by atoms with Crippen LogP contribution >= 0.6 is 0 Å². The van der Waals surface area contributed by atoms with Gasteiger partial charge in [-0.15, -0.1) is 0 Å². The minimum absolute atomic E-state index is 0.0633. The Morgan fingerprint density at radius 3 is 2.67 bits per heavy atom. The topological polar surface area (TPSA) is 105 Å². The standard InChI is InChI=1S/C23H22N2O5/c1-28-21-15-16(4-9-20(21)30-14-11-24)10-12-25-23(27)22(26)18-7-5-17(6-8-18)19-3-2-13-29-19/h2-9,13,15,22,26H,10,12,14H2,1H3,(H,25,27). The summed E-state index contributed by atoms with van der Waals surface area (Å²) in [7, 11) is 1.52. The van der Waals surface area contributed by atoms with Gasteiger partial charge in [-0.2, -0.15) is 5.26 Å². The zero-order valence-corrected chi connectivity index (χ0v) is 16.5. The molecule has 1 aromatic heterocycles. The quantitative estimate of drug-likeness (QED) is 0.565. The molecule has 1 atom stereocenters. The van der Waals surface area contributed by atoms with Gasteiger partial charge in [0.25, 0.3) is 5.91 Å². The highest BCUT2D eigenvalue weighted by Gasteiger charge is 2.17. The van der Waals surface area contributed by atoms with Crippen LogP contribution in [0.5, 0.6) is 11.5 Å². The molecule has 0 fully saturated rings. The minimum Gasteiger partial charge on any atom is -0.493 e. The molecular formula is C23H22N2O5. The summed E-state index contributed by atoms with van der Waals surface area (Å²) in [4.78, 5) is 12.3. The van der Waals surface area contributed by atoms with E-state index >= 15 is 0 Å². The van der Waals surface area contributed by atoms with E-state index in [2.05, 4.69) is 5.32 Å². The van der Waals surface area contributed by atoms with Crippen molar-refractivity contribution in [2.75, 3.05) is 20.3 Å². The zero-order valence-electron chi connectivity index (χ0n) is 16.5. The summed E-state index contributed by atoms with van der Waals surface area (Å²) in [6.45, 7) is 0.286. The first-order valence-electron chi connectivity index (χ1n) is 9.38. The molecule has 30 heavy (non-hydrogen) atoms. The van der Waals surface area contributed by atoms with Crippen molar-refractivity contribution in [3.05, 3.63) is 72.0 Å². The van der Waals surface area contributed by atoms with Crippen molar-refractivity contribution in [2.45, 2.75) is 12.5 Å². The van der Waals surface area contributed by atoms with Gasteiger partial charge in [-0.25, -0.2) is 0 Å². The van der Waals surface area contributed by atoms with Gasteiger partial charge in [0, 0.05) is 12.1 Å². The minimum atomic E-state index is -1.26. The van der Waals surface area contributed by atoms with Crippen LogP contribution in [0.3, 0.4) is 0 Å². The van der Waals surface area contributed by atoms with Gasteiger partial charge in [-0.1, -0.05) is 30.3 Å². The van der Waals surface area contributed by atoms with E-state index in [9.17, 15) is 9.90 Å². The van der Waals surface area contributed by atoms with Crippen molar-refractivity contribution in [1.82, 2.24) is 5.32 Å². The van der Waals surface area contributed by atoms with Gasteiger partial charge < -0.3 is 24.3 Å². The van der Waals surface area contributed by atoms with Crippen LogP contribution in [0.2, 0.25) is 0 Å². The number of aliphatic hydroxyl groups excluding tert-OH is 1. The zero-order chi connectivity index (χ0) is 21.3. The second-order valence-corrected chi connectivity index (χ2v) is 6.47. The molecule has 1 unspecified atom stereocenters. The summed E-state index contributed by atoms with van der Waals surface area (Å²) in [5.74, 6) is 1.26. The summed E-state index contributed by atoms with van der Waals surface area (Å²) in [5, 5.41) is 21.7. The Morgan fingerprint density at radius 1 is 1.20 bits per heavy atom. The smallest absolute Gasteiger partial charge is 0.253 e. The molecule has 7 heteroatoms. The highest BCUT2D eigenvalue weighted by atomic mass is 16.5. The van der Waals surface area contributed by atoms with Crippen LogP contribution in [0.1, 0.15) is 17.2 Å². The lowest BCUT2D eigenvalue weighted by Gasteiger charge is -2.13. The Hall–Kier alpha value is -3.76. The molecule has 0 spiro atoms. The Labute approximate surface area is 174 Å². The largest absolute Gasteiger partial charge is 0.493 e. The number of furan rings is 1. The van der Waals surface area contributed by atoms with Crippen LogP contribution in [0.15, 0.2) is 65.3 Å². The van der Waals surface area contributed by atoms with Crippen molar-refractivity contribution >= 4 is 5.91 Å². The Morgan fingerprint density at radius 2 is 2.00 bits per heavy atom. The summed E-state index contributed by atoms with van der Waals surface area (Å²) in [6, 6.07) is 17.9. The molecule has 0 aliphatic heterocycles. The normalized spacial score (nSPS) is 11.4. The van der Waals surface area contributed by atoms with Crippen LogP contribution in [-0.4, -0.2) is 31.3 Å². The summed E-state index contributed by atoms with van der Waals surface area (Å²) in [5.41, 5.74) is 2.30. The van der Waals surface area contributed by atoms with Crippen molar-refractivity contribution in [2.24, 2.45) is 0 Å². The number of rotatable bonds is 9. The van der Waals surface area contributed by atoms with Crippen LogP contribution in [0.25, 0.3) is 11.3 Å².